The van der Waals surface area contributed by atoms with Crippen LogP contribution in [0.5, 0.6) is 23.0 Å². The standard InChI is InChI=1S/C30H30F2N4O5/c1-33-8-3-11-39-28-15-25-21(12-18(28)17-37)26(7-10-35-25)41-29-23(31)13-19(14-24(29)32)36-30(38)22-16-34-9-6-27(22)40-20-4-2-5-20/h6-7,9-10,12-16,20,33,37H,2-5,8,11,17H2,1H3,(H,36,38). The van der Waals surface area contributed by atoms with E-state index in [-0.39, 0.29) is 29.7 Å². The van der Waals surface area contributed by atoms with E-state index in [0.29, 0.717) is 34.6 Å². The van der Waals surface area contributed by atoms with E-state index in [9.17, 15) is 9.90 Å². The van der Waals surface area contributed by atoms with E-state index in [1.807, 2.05) is 7.05 Å². The maximum atomic E-state index is 15.1. The Labute approximate surface area is 235 Å². The molecular formula is C30H30F2N4O5. The number of hydrogen-bond acceptors (Lipinski definition) is 8. The number of carbonyl (C=O) groups is 1. The van der Waals surface area contributed by atoms with Crippen molar-refractivity contribution in [2.24, 2.45) is 0 Å². The van der Waals surface area contributed by atoms with Crippen LogP contribution in [0.4, 0.5) is 14.5 Å². The van der Waals surface area contributed by atoms with Gasteiger partial charge in [-0.3, -0.25) is 14.8 Å². The van der Waals surface area contributed by atoms with Crippen molar-refractivity contribution in [1.82, 2.24) is 15.3 Å². The Morgan fingerprint density at radius 2 is 1.85 bits per heavy atom. The Morgan fingerprint density at radius 3 is 2.56 bits per heavy atom. The highest BCUT2D eigenvalue weighted by Gasteiger charge is 2.23. The molecule has 0 unspecified atom stereocenters. The predicted octanol–water partition coefficient (Wildman–Crippen LogP) is 5.36. The van der Waals surface area contributed by atoms with Gasteiger partial charge >= 0.3 is 0 Å². The Morgan fingerprint density at radius 1 is 1.07 bits per heavy atom. The lowest BCUT2D eigenvalue weighted by molar-refractivity contribution is 0.0991. The van der Waals surface area contributed by atoms with Gasteiger partial charge in [0.15, 0.2) is 17.4 Å². The molecule has 0 aliphatic heterocycles. The van der Waals surface area contributed by atoms with E-state index in [1.165, 1.54) is 24.7 Å². The number of nitrogens with zero attached hydrogens (tertiary/aromatic N) is 2. The number of ether oxygens (including phenoxy) is 3. The molecule has 0 bridgehead atoms. The lowest BCUT2D eigenvalue weighted by atomic mass is 9.96. The predicted molar refractivity (Wildman–Crippen MR) is 149 cm³/mol. The molecule has 4 aromatic rings. The summed E-state index contributed by atoms with van der Waals surface area (Å²) in [6, 6.07) is 8.27. The minimum Gasteiger partial charge on any atom is -0.493 e. The highest BCUT2D eigenvalue weighted by atomic mass is 19.1. The molecule has 3 N–H and O–H groups in total. The Balaban J connectivity index is 1.35. The van der Waals surface area contributed by atoms with Crippen molar-refractivity contribution in [2.45, 2.75) is 38.4 Å². The third kappa shape index (κ3) is 6.53. The highest BCUT2D eigenvalue weighted by molar-refractivity contribution is 6.06. The molecular weight excluding hydrogens is 534 g/mol. The summed E-state index contributed by atoms with van der Waals surface area (Å²) in [6.45, 7) is 0.898. The van der Waals surface area contributed by atoms with Gasteiger partial charge in [-0.1, -0.05) is 0 Å². The second-order valence-corrected chi connectivity index (χ2v) is 9.62. The molecule has 41 heavy (non-hydrogen) atoms. The first-order valence-electron chi connectivity index (χ1n) is 13.4. The van der Waals surface area contributed by atoms with E-state index < -0.39 is 23.3 Å². The van der Waals surface area contributed by atoms with E-state index in [4.69, 9.17) is 14.2 Å². The number of aromatic nitrogens is 2. The molecule has 0 saturated heterocycles. The van der Waals surface area contributed by atoms with Crippen LogP contribution in [0.3, 0.4) is 0 Å². The zero-order valence-electron chi connectivity index (χ0n) is 22.5. The summed E-state index contributed by atoms with van der Waals surface area (Å²) < 4.78 is 47.6. The summed E-state index contributed by atoms with van der Waals surface area (Å²) in [5.41, 5.74) is 1.01. The summed E-state index contributed by atoms with van der Waals surface area (Å²) in [7, 11) is 1.85. The molecule has 0 spiro atoms. The van der Waals surface area contributed by atoms with Crippen LogP contribution in [-0.2, 0) is 6.61 Å². The topological polar surface area (TPSA) is 115 Å². The average Bonchev–Trinajstić information content (AvgIpc) is 2.94. The molecule has 1 aliphatic rings. The monoisotopic (exact) mass is 564 g/mol. The van der Waals surface area contributed by atoms with Gasteiger partial charge in [0.25, 0.3) is 5.91 Å². The molecule has 5 rings (SSSR count). The summed E-state index contributed by atoms with van der Waals surface area (Å²) in [6.07, 6.45) is 7.99. The van der Waals surface area contributed by atoms with Crippen LogP contribution >= 0.6 is 0 Å². The first kappa shape index (κ1) is 28.2. The number of aliphatic hydroxyl groups is 1. The van der Waals surface area contributed by atoms with Gasteiger partial charge in [-0.2, -0.15) is 0 Å². The molecule has 0 atom stereocenters. The van der Waals surface area contributed by atoms with Crippen molar-refractivity contribution in [1.29, 1.82) is 0 Å². The number of fused-ring (bicyclic) bond motifs is 1. The fourth-order valence-corrected chi connectivity index (χ4v) is 4.33. The van der Waals surface area contributed by atoms with Crippen LogP contribution in [-0.4, -0.2) is 47.3 Å². The molecule has 2 aromatic heterocycles. The minimum atomic E-state index is -1.02. The van der Waals surface area contributed by atoms with E-state index in [2.05, 4.69) is 20.6 Å². The number of benzene rings is 2. The second-order valence-electron chi connectivity index (χ2n) is 9.62. The molecule has 214 valence electrons. The van der Waals surface area contributed by atoms with Crippen LogP contribution in [0.15, 0.2) is 55.0 Å². The van der Waals surface area contributed by atoms with Crippen molar-refractivity contribution in [3.8, 4) is 23.0 Å². The number of anilines is 1. The molecule has 2 aromatic carbocycles. The summed E-state index contributed by atoms with van der Waals surface area (Å²) in [5, 5.41) is 15.9. The number of pyridine rings is 2. The van der Waals surface area contributed by atoms with E-state index in [1.54, 1.807) is 18.2 Å². The van der Waals surface area contributed by atoms with Gasteiger partial charge < -0.3 is 30.0 Å². The van der Waals surface area contributed by atoms with Crippen molar-refractivity contribution in [3.05, 3.63) is 77.8 Å². The fourth-order valence-electron chi connectivity index (χ4n) is 4.33. The minimum absolute atomic E-state index is 0.0375. The molecule has 9 nitrogen and oxygen atoms in total. The van der Waals surface area contributed by atoms with Gasteiger partial charge in [0.2, 0.25) is 0 Å². The van der Waals surface area contributed by atoms with Crippen molar-refractivity contribution >= 4 is 22.5 Å². The largest absolute Gasteiger partial charge is 0.493 e. The van der Waals surface area contributed by atoms with E-state index in [0.717, 1.165) is 44.4 Å². The Hall–Kier alpha value is -4.35. The number of hydrogen-bond donors (Lipinski definition) is 3. The van der Waals surface area contributed by atoms with Gasteiger partial charge in [0.1, 0.15) is 17.2 Å². The lowest BCUT2D eigenvalue weighted by Gasteiger charge is -2.27. The second kappa shape index (κ2) is 12.9. The first-order valence-corrected chi connectivity index (χ1v) is 13.4. The van der Waals surface area contributed by atoms with Crippen LogP contribution in [0.25, 0.3) is 10.9 Å². The smallest absolute Gasteiger partial charge is 0.261 e. The quantitative estimate of drug-likeness (QED) is 0.197. The van der Waals surface area contributed by atoms with Crippen molar-refractivity contribution in [3.63, 3.8) is 0 Å². The third-order valence-electron chi connectivity index (χ3n) is 6.72. The van der Waals surface area contributed by atoms with Crippen LogP contribution in [0.2, 0.25) is 0 Å². The summed E-state index contributed by atoms with van der Waals surface area (Å²) in [5.74, 6) is -2.34. The normalized spacial score (nSPS) is 13.1. The van der Waals surface area contributed by atoms with Gasteiger partial charge in [0, 0.05) is 53.4 Å². The number of halogens is 2. The number of nitrogens with one attached hydrogen (secondary N) is 2. The average molecular weight is 565 g/mol. The molecule has 0 radical (unpaired) electrons. The number of aliphatic hydroxyl groups excluding tert-OH is 1. The Bertz CT molecular complexity index is 1520. The van der Waals surface area contributed by atoms with Gasteiger partial charge in [-0.05, 0) is 57.5 Å². The number of rotatable bonds is 12. The summed E-state index contributed by atoms with van der Waals surface area (Å²) >= 11 is 0. The van der Waals surface area contributed by atoms with Crippen LogP contribution in [0, 0.1) is 11.6 Å². The first-order chi connectivity index (χ1) is 20.0. The lowest BCUT2D eigenvalue weighted by Crippen LogP contribution is -2.26. The molecule has 1 amide bonds. The molecule has 1 aliphatic carbocycles. The van der Waals surface area contributed by atoms with Gasteiger partial charge in [-0.25, -0.2) is 8.78 Å². The van der Waals surface area contributed by atoms with Gasteiger partial charge in [0.05, 0.1) is 30.4 Å². The maximum Gasteiger partial charge on any atom is 0.261 e. The zero-order chi connectivity index (χ0) is 28.8. The van der Waals surface area contributed by atoms with Gasteiger partial charge in [-0.15, -0.1) is 0 Å². The molecule has 1 saturated carbocycles. The number of amides is 1. The van der Waals surface area contributed by atoms with Crippen molar-refractivity contribution < 1.29 is 32.9 Å². The third-order valence-corrected chi connectivity index (χ3v) is 6.72. The van der Waals surface area contributed by atoms with Crippen LogP contribution < -0.4 is 24.8 Å². The zero-order valence-corrected chi connectivity index (χ0v) is 22.5. The Kier molecular flexibility index (Phi) is 8.85. The maximum absolute atomic E-state index is 15.1. The number of carbonyl (C=O) groups excluding carboxylic acids is 1. The molecule has 2 heterocycles. The fraction of sp³-hybridized carbons (Fsp3) is 0.300. The SMILES string of the molecule is CNCCCOc1cc2nccc(Oc3c(F)cc(NC(=O)c4cnccc4OC4CCC4)cc3F)c2cc1CO. The van der Waals surface area contributed by atoms with Crippen LogP contribution in [0.1, 0.15) is 41.6 Å². The summed E-state index contributed by atoms with van der Waals surface area (Å²) in [4.78, 5) is 21.2. The van der Waals surface area contributed by atoms with E-state index >= 15 is 8.78 Å². The molecule has 11 heteroatoms. The van der Waals surface area contributed by atoms with Crippen molar-refractivity contribution in [2.75, 3.05) is 25.5 Å². The molecule has 1 fully saturated rings. The highest BCUT2D eigenvalue weighted by Crippen LogP contribution is 2.36.